The standard InChI is InChI=1S/C17H22N2O4S/c1-12-3-4-15-13(11-23-16(15)9-12)10-17(20)18-14-5-7-19(8-6-14)24(2,21)22/h3-4,9,11,14H,5-8,10H2,1-2H3,(H,18,20). The van der Waals surface area contributed by atoms with Gasteiger partial charge in [0, 0.05) is 30.1 Å². The minimum absolute atomic E-state index is 0.0240. The first-order valence-electron chi connectivity index (χ1n) is 8.04. The van der Waals surface area contributed by atoms with Gasteiger partial charge in [-0.2, -0.15) is 0 Å². The van der Waals surface area contributed by atoms with Gasteiger partial charge in [-0.1, -0.05) is 12.1 Å². The molecule has 1 amide bonds. The van der Waals surface area contributed by atoms with Gasteiger partial charge in [-0.3, -0.25) is 4.79 Å². The zero-order chi connectivity index (χ0) is 17.3. The molecule has 1 aromatic carbocycles. The van der Waals surface area contributed by atoms with Crippen molar-refractivity contribution in [3.05, 3.63) is 35.6 Å². The zero-order valence-corrected chi connectivity index (χ0v) is 14.7. The highest BCUT2D eigenvalue weighted by atomic mass is 32.2. The minimum atomic E-state index is -3.14. The molecule has 130 valence electrons. The second-order valence-corrected chi connectivity index (χ2v) is 8.42. The fraction of sp³-hybridized carbons (Fsp3) is 0.471. The fourth-order valence-electron chi connectivity index (χ4n) is 3.11. The Hall–Kier alpha value is -1.86. The van der Waals surface area contributed by atoms with E-state index in [9.17, 15) is 13.2 Å². The lowest BCUT2D eigenvalue weighted by Crippen LogP contribution is -2.46. The Morgan fingerprint density at radius 1 is 1.33 bits per heavy atom. The Labute approximate surface area is 141 Å². The van der Waals surface area contributed by atoms with Crippen LogP contribution in [0, 0.1) is 6.92 Å². The van der Waals surface area contributed by atoms with Crippen LogP contribution in [0.3, 0.4) is 0 Å². The van der Waals surface area contributed by atoms with Crippen LogP contribution < -0.4 is 5.32 Å². The second-order valence-electron chi connectivity index (χ2n) is 6.44. The Morgan fingerprint density at radius 3 is 2.71 bits per heavy atom. The van der Waals surface area contributed by atoms with Crippen molar-refractivity contribution in [1.29, 1.82) is 0 Å². The number of rotatable bonds is 4. The molecule has 1 aromatic heterocycles. The molecule has 6 nitrogen and oxygen atoms in total. The Morgan fingerprint density at radius 2 is 2.04 bits per heavy atom. The first-order valence-corrected chi connectivity index (χ1v) is 9.89. The number of sulfonamides is 1. The molecule has 1 saturated heterocycles. The average molecular weight is 350 g/mol. The van der Waals surface area contributed by atoms with E-state index >= 15 is 0 Å². The lowest BCUT2D eigenvalue weighted by atomic mass is 10.1. The van der Waals surface area contributed by atoms with Crippen molar-refractivity contribution in [3.63, 3.8) is 0 Å². The van der Waals surface area contributed by atoms with Crippen LogP contribution in [-0.2, 0) is 21.2 Å². The number of carbonyl (C=O) groups is 1. The number of carbonyl (C=O) groups excluding carboxylic acids is 1. The summed E-state index contributed by atoms with van der Waals surface area (Å²) in [5.41, 5.74) is 2.78. The van der Waals surface area contributed by atoms with Crippen molar-refractivity contribution >= 4 is 26.9 Å². The Bertz CT molecular complexity index is 849. The first kappa shape index (κ1) is 17.0. The average Bonchev–Trinajstić information content (AvgIpc) is 2.89. The molecule has 1 N–H and O–H groups in total. The van der Waals surface area contributed by atoms with Gasteiger partial charge in [-0.25, -0.2) is 12.7 Å². The van der Waals surface area contributed by atoms with Crippen molar-refractivity contribution < 1.29 is 17.6 Å². The summed E-state index contributed by atoms with van der Waals surface area (Å²) in [7, 11) is -3.14. The number of hydrogen-bond acceptors (Lipinski definition) is 4. The molecule has 2 aromatic rings. The largest absolute Gasteiger partial charge is 0.464 e. The maximum Gasteiger partial charge on any atom is 0.224 e. The Kier molecular flexibility index (Phi) is 4.64. The van der Waals surface area contributed by atoms with Crippen LogP contribution in [0.2, 0.25) is 0 Å². The number of amides is 1. The van der Waals surface area contributed by atoms with Crippen LogP contribution in [0.15, 0.2) is 28.9 Å². The van der Waals surface area contributed by atoms with E-state index in [0.717, 1.165) is 22.1 Å². The summed E-state index contributed by atoms with van der Waals surface area (Å²) in [4.78, 5) is 12.3. The zero-order valence-electron chi connectivity index (χ0n) is 13.9. The molecule has 0 saturated carbocycles. The van der Waals surface area contributed by atoms with Crippen LogP contribution in [0.4, 0.5) is 0 Å². The molecule has 1 aliphatic heterocycles. The number of aryl methyl sites for hydroxylation is 1. The normalized spacial score (nSPS) is 17.2. The van der Waals surface area contributed by atoms with E-state index in [1.807, 2.05) is 25.1 Å². The van der Waals surface area contributed by atoms with Crippen molar-refractivity contribution in [3.8, 4) is 0 Å². The highest BCUT2D eigenvalue weighted by Gasteiger charge is 2.25. The van der Waals surface area contributed by atoms with Crippen molar-refractivity contribution in [2.45, 2.75) is 32.2 Å². The summed E-state index contributed by atoms with van der Waals surface area (Å²) in [6, 6.07) is 5.95. The van der Waals surface area contributed by atoms with E-state index in [0.29, 0.717) is 25.9 Å². The third kappa shape index (κ3) is 3.79. The number of furan rings is 1. The molecular formula is C17H22N2O4S. The lowest BCUT2D eigenvalue weighted by Gasteiger charge is -2.30. The monoisotopic (exact) mass is 350 g/mol. The smallest absolute Gasteiger partial charge is 0.224 e. The van der Waals surface area contributed by atoms with E-state index in [1.54, 1.807) is 6.26 Å². The Balaban J connectivity index is 1.58. The summed E-state index contributed by atoms with van der Waals surface area (Å²) in [5, 5.41) is 3.96. The van der Waals surface area contributed by atoms with Crippen molar-refractivity contribution in [1.82, 2.24) is 9.62 Å². The van der Waals surface area contributed by atoms with Crippen molar-refractivity contribution in [2.24, 2.45) is 0 Å². The molecule has 1 fully saturated rings. The summed E-state index contributed by atoms with van der Waals surface area (Å²) < 4.78 is 30.0. The third-order valence-electron chi connectivity index (χ3n) is 4.45. The molecule has 3 rings (SSSR count). The quantitative estimate of drug-likeness (QED) is 0.912. The summed E-state index contributed by atoms with van der Waals surface area (Å²) >= 11 is 0. The van der Waals surface area contributed by atoms with Gasteiger partial charge in [0.05, 0.1) is 18.9 Å². The maximum absolute atomic E-state index is 12.3. The summed E-state index contributed by atoms with van der Waals surface area (Å²) in [5.74, 6) is -0.0592. The number of benzene rings is 1. The van der Waals surface area contributed by atoms with Gasteiger partial charge in [0.1, 0.15) is 5.58 Å². The molecule has 0 aliphatic carbocycles. The molecule has 0 unspecified atom stereocenters. The van der Waals surface area contributed by atoms with Crippen LogP contribution in [-0.4, -0.2) is 44.0 Å². The van der Waals surface area contributed by atoms with E-state index in [1.165, 1.54) is 10.6 Å². The molecular weight excluding hydrogens is 328 g/mol. The highest BCUT2D eigenvalue weighted by Crippen LogP contribution is 2.23. The number of piperidine rings is 1. The highest BCUT2D eigenvalue weighted by molar-refractivity contribution is 7.88. The molecule has 2 heterocycles. The van der Waals surface area contributed by atoms with Crippen molar-refractivity contribution in [2.75, 3.05) is 19.3 Å². The van der Waals surface area contributed by atoms with Crippen LogP contribution in [0.25, 0.3) is 11.0 Å². The predicted octanol–water partition coefficient (Wildman–Crippen LogP) is 1.82. The van der Waals surface area contributed by atoms with Gasteiger partial charge in [-0.15, -0.1) is 0 Å². The number of nitrogens with one attached hydrogen (secondary N) is 1. The third-order valence-corrected chi connectivity index (χ3v) is 5.75. The first-order chi connectivity index (χ1) is 11.3. The predicted molar refractivity (Wildman–Crippen MR) is 92.2 cm³/mol. The summed E-state index contributed by atoms with van der Waals surface area (Å²) in [6.45, 7) is 2.91. The van der Waals surface area contributed by atoms with E-state index in [-0.39, 0.29) is 18.4 Å². The van der Waals surface area contributed by atoms with Gasteiger partial charge < -0.3 is 9.73 Å². The van der Waals surface area contributed by atoms with Gasteiger partial charge in [0.2, 0.25) is 15.9 Å². The molecule has 24 heavy (non-hydrogen) atoms. The second kappa shape index (κ2) is 6.57. The van der Waals surface area contributed by atoms with Gasteiger partial charge in [0.15, 0.2) is 0 Å². The van der Waals surface area contributed by atoms with E-state index < -0.39 is 10.0 Å². The molecule has 0 spiro atoms. The van der Waals surface area contributed by atoms with E-state index in [4.69, 9.17) is 4.42 Å². The molecule has 0 bridgehead atoms. The number of hydrogen-bond donors (Lipinski definition) is 1. The molecule has 1 aliphatic rings. The number of nitrogens with zero attached hydrogens (tertiary/aromatic N) is 1. The lowest BCUT2D eigenvalue weighted by molar-refractivity contribution is -0.121. The van der Waals surface area contributed by atoms with E-state index in [2.05, 4.69) is 5.32 Å². The molecule has 0 radical (unpaired) electrons. The fourth-order valence-corrected chi connectivity index (χ4v) is 3.98. The maximum atomic E-state index is 12.3. The van der Waals surface area contributed by atoms with Crippen LogP contribution in [0.5, 0.6) is 0 Å². The number of fused-ring (bicyclic) bond motifs is 1. The van der Waals surface area contributed by atoms with Gasteiger partial charge >= 0.3 is 0 Å². The topological polar surface area (TPSA) is 79.6 Å². The SMILES string of the molecule is Cc1ccc2c(CC(=O)NC3CCN(S(C)(=O)=O)CC3)coc2c1. The van der Waals surface area contributed by atoms with Gasteiger partial charge in [0.25, 0.3) is 0 Å². The minimum Gasteiger partial charge on any atom is -0.464 e. The van der Waals surface area contributed by atoms with Gasteiger partial charge in [-0.05, 0) is 31.4 Å². The summed E-state index contributed by atoms with van der Waals surface area (Å²) in [6.07, 6.45) is 4.41. The molecule has 7 heteroatoms. The van der Waals surface area contributed by atoms with Crippen LogP contribution in [0.1, 0.15) is 24.0 Å². The molecule has 0 atom stereocenters. The van der Waals surface area contributed by atoms with Crippen LogP contribution >= 0.6 is 0 Å².